The predicted octanol–water partition coefficient (Wildman–Crippen LogP) is 3.32. The summed E-state index contributed by atoms with van der Waals surface area (Å²) in [6.07, 6.45) is 4.51. The Balaban J connectivity index is 1.95. The maximum absolute atomic E-state index is 14.5. The van der Waals surface area contributed by atoms with Crippen LogP contribution in [0.4, 0.5) is 4.39 Å². The van der Waals surface area contributed by atoms with Gasteiger partial charge in [-0.25, -0.2) is 14.2 Å². The van der Waals surface area contributed by atoms with E-state index in [4.69, 9.17) is 19.0 Å². The normalized spacial score (nSPS) is 14.6. The second-order valence-corrected chi connectivity index (χ2v) is 10.5. The van der Waals surface area contributed by atoms with Crippen molar-refractivity contribution in [3.63, 3.8) is 0 Å². The molecule has 0 aliphatic carbocycles. The van der Waals surface area contributed by atoms with Gasteiger partial charge < -0.3 is 19.0 Å². The van der Waals surface area contributed by atoms with Crippen molar-refractivity contribution in [1.82, 2.24) is 14.2 Å². The first-order valence-electron chi connectivity index (χ1n) is 13.2. The molecule has 0 spiro atoms. The lowest BCUT2D eigenvalue weighted by atomic mass is 10.1. The summed E-state index contributed by atoms with van der Waals surface area (Å²) in [6, 6.07) is 3.92. The molecular weight excluding hydrogens is 569 g/mol. The monoisotopic (exact) mass is 601 g/mol. The number of thiazole rings is 1. The van der Waals surface area contributed by atoms with Crippen LogP contribution in [-0.4, -0.2) is 65.4 Å². The van der Waals surface area contributed by atoms with E-state index < -0.39 is 23.0 Å². The molecule has 0 N–H and O–H groups in total. The molecule has 1 aromatic carbocycles. The second kappa shape index (κ2) is 13.6. The van der Waals surface area contributed by atoms with Crippen LogP contribution in [-0.2, 0) is 14.3 Å². The summed E-state index contributed by atoms with van der Waals surface area (Å²) in [5.41, 5.74) is 0.176. The summed E-state index contributed by atoms with van der Waals surface area (Å²) in [5.74, 6) is -0.755. The maximum atomic E-state index is 14.5. The topological polar surface area (TPSA) is 126 Å². The fourth-order valence-corrected chi connectivity index (χ4v) is 4.70. The third kappa shape index (κ3) is 6.94. The highest BCUT2D eigenvalue weighted by molar-refractivity contribution is 7.11. The van der Waals surface area contributed by atoms with Crippen LogP contribution >= 0.6 is 11.3 Å². The number of aromatic nitrogens is 3. The Morgan fingerprint density at radius 1 is 1.26 bits per heavy atom. The number of methoxy groups -OCH3 is 1. The molecule has 12 nitrogen and oxygen atoms in total. The van der Waals surface area contributed by atoms with Crippen LogP contribution < -0.4 is 21.0 Å². The summed E-state index contributed by atoms with van der Waals surface area (Å²) < 4.78 is 33.4. The molecule has 0 unspecified atom stereocenters. The van der Waals surface area contributed by atoms with Gasteiger partial charge in [0.25, 0.3) is 11.5 Å². The number of rotatable bonds is 10. The summed E-state index contributed by atoms with van der Waals surface area (Å²) in [7, 11) is 2.73. The Morgan fingerprint density at radius 2 is 2.00 bits per heavy atom. The van der Waals surface area contributed by atoms with E-state index in [2.05, 4.69) is 10.1 Å². The quantitative estimate of drug-likeness (QED) is 0.197. The van der Waals surface area contributed by atoms with Crippen LogP contribution in [0.5, 0.6) is 5.75 Å². The van der Waals surface area contributed by atoms with E-state index in [-0.39, 0.29) is 39.7 Å². The van der Waals surface area contributed by atoms with E-state index in [0.717, 1.165) is 20.9 Å². The standard InChI is InChI=1S/C28H32FN5O7S/c1-17(2)41-31-18(3)22-14-33(28(37)34(26(22)35)32(4)27(36)25-13-30-16-42-25)15-24(40-20-8-10-39-11-9-20)21-12-19(29)6-7-23(21)38-5/h6-7,12-17,20H,8-11H2,1-5H3/b24-15-,31-18+. The number of hydrogen-bond acceptors (Lipinski definition) is 10. The van der Waals surface area contributed by atoms with Gasteiger partial charge in [-0.05, 0) is 39.0 Å². The van der Waals surface area contributed by atoms with Gasteiger partial charge in [0.1, 0.15) is 34.4 Å². The van der Waals surface area contributed by atoms with Crippen LogP contribution in [0.1, 0.15) is 54.4 Å². The molecule has 2 aromatic heterocycles. The molecule has 1 saturated heterocycles. The van der Waals surface area contributed by atoms with Crippen LogP contribution in [0.2, 0.25) is 0 Å². The molecule has 14 heteroatoms. The minimum Gasteiger partial charge on any atom is -0.496 e. The van der Waals surface area contributed by atoms with Crippen LogP contribution in [0.25, 0.3) is 12.0 Å². The predicted molar refractivity (Wildman–Crippen MR) is 156 cm³/mol. The summed E-state index contributed by atoms with van der Waals surface area (Å²) in [5, 5.41) is 4.94. The number of halogens is 1. The van der Waals surface area contributed by atoms with Crippen molar-refractivity contribution in [2.75, 3.05) is 32.4 Å². The Morgan fingerprint density at radius 3 is 2.64 bits per heavy atom. The van der Waals surface area contributed by atoms with Gasteiger partial charge in [-0.2, -0.15) is 4.68 Å². The highest BCUT2D eigenvalue weighted by Gasteiger charge is 2.24. The molecule has 1 aliphatic heterocycles. The van der Waals surface area contributed by atoms with Crippen molar-refractivity contribution in [2.45, 2.75) is 45.8 Å². The first-order valence-corrected chi connectivity index (χ1v) is 14.0. The molecule has 0 atom stereocenters. The molecule has 0 radical (unpaired) electrons. The SMILES string of the molecule is COc1ccc(F)cc1/C(=C/n1cc(/C(C)=N/OC(C)C)c(=O)n(N(C)C(=O)c2cncs2)c1=O)OC1CCOCC1. The summed E-state index contributed by atoms with van der Waals surface area (Å²) in [6.45, 7) is 6.04. The molecular formula is C28H32FN5O7S. The Bertz CT molecular complexity index is 1590. The molecule has 3 heterocycles. The average molecular weight is 602 g/mol. The van der Waals surface area contributed by atoms with Crippen molar-refractivity contribution in [3.8, 4) is 5.75 Å². The highest BCUT2D eigenvalue weighted by Crippen LogP contribution is 2.31. The lowest BCUT2D eigenvalue weighted by molar-refractivity contribution is 0.0139. The first-order chi connectivity index (χ1) is 20.1. The van der Waals surface area contributed by atoms with E-state index >= 15 is 0 Å². The largest absolute Gasteiger partial charge is 0.496 e. The molecule has 42 heavy (non-hydrogen) atoms. The Hall–Kier alpha value is -4.30. The van der Waals surface area contributed by atoms with Crippen LogP contribution in [0.3, 0.4) is 0 Å². The third-order valence-electron chi connectivity index (χ3n) is 6.27. The smallest absolute Gasteiger partial charge is 0.354 e. The van der Waals surface area contributed by atoms with Crippen molar-refractivity contribution in [1.29, 1.82) is 0 Å². The molecule has 1 amide bonds. The van der Waals surface area contributed by atoms with Crippen LogP contribution in [0, 0.1) is 5.82 Å². The summed E-state index contributed by atoms with van der Waals surface area (Å²) >= 11 is 1.06. The minimum absolute atomic E-state index is 0.0212. The number of carbonyl (C=O) groups is 1. The van der Waals surface area contributed by atoms with Crippen molar-refractivity contribution >= 4 is 34.9 Å². The van der Waals surface area contributed by atoms with E-state index in [1.165, 1.54) is 56.5 Å². The van der Waals surface area contributed by atoms with E-state index in [1.807, 2.05) is 0 Å². The van der Waals surface area contributed by atoms with Gasteiger partial charge in [-0.15, -0.1) is 11.3 Å². The zero-order valence-corrected chi connectivity index (χ0v) is 24.7. The van der Waals surface area contributed by atoms with Gasteiger partial charge in [-0.3, -0.25) is 19.1 Å². The highest BCUT2D eigenvalue weighted by atomic mass is 32.1. The maximum Gasteiger partial charge on any atom is 0.354 e. The molecule has 4 rings (SSSR count). The van der Waals surface area contributed by atoms with Crippen molar-refractivity contribution in [2.24, 2.45) is 5.16 Å². The van der Waals surface area contributed by atoms with Crippen molar-refractivity contribution in [3.05, 3.63) is 78.8 Å². The molecule has 0 bridgehead atoms. The number of nitrogens with zero attached hydrogens (tertiary/aromatic N) is 5. The van der Waals surface area contributed by atoms with E-state index in [1.54, 1.807) is 20.8 Å². The zero-order valence-electron chi connectivity index (χ0n) is 23.9. The van der Waals surface area contributed by atoms with Crippen LogP contribution in [0.15, 0.2) is 50.8 Å². The number of ether oxygens (including phenoxy) is 3. The minimum atomic E-state index is -0.884. The number of carbonyl (C=O) groups excluding carboxylic acids is 1. The van der Waals surface area contributed by atoms with Gasteiger partial charge in [0, 0.05) is 26.1 Å². The lowest BCUT2D eigenvalue weighted by Gasteiger charge is -2.26. The second-order valence-electron chi connectivity index (χ2n) is 9.64. The van der Waals surface area contributed by atoms with Gasteiger partial charge in [-0.1, -0.05) is 5.16 Å². The molecule has 3 aromatic rings. The zero-order chi connectivity index (χ0) is 30.4. The number of amides is 1. The van der Waals surface area contributed by atoms with Gasteiger partial charge in [0.15, 0.2) is 0 Å². The van der Waals surface area contributed by atoms with E-state index in [9.17, 15) is 18.8 Å². The lowest BCUT2D eigenvalue weighted by Crippen LogP contribution is -2.53. The fourth-order valence-electron chi connectivity index (χ4n) is 4.11. The number of oxime groups is 1. The first kappa shape index (κ1) is 30.7. The fraction of sp³-hybridized carbons (Fsp3) is 0.393. The Labute approximate surface area is 245 Å². The van der Waals surface area contributed by atoms with Gasteiger partial charge >= 0.3 is 5.69 Å². The number of benzene rings is 1. The third-order valence-corrected chi connectivity index (χ3v) is 7.03. The molecule has 1 fully saturated rings. The summed E-state index contributed by atoms with van der Waals surface area (Å²) in [4.78, 5) is 50.1. The van der Waals surface area contributed by atoms with Gasteiger partial charge in [0.05, 0.1) is 55.1 Å². The van der Waals surface area contributed by atoms with Gasteiger partial charge in [0.2, 0.25) is 0 Å². The number of hydrogen-bond donors (Lipinski definition) is 0. The van der Waals surface area contributed by atoms with Crippen molar-refractivity contribution < 1.29 is 28.2 Å². The molecule has 0 saturated carbocycles. The molecule has 1 aliphatic rings. The molecule has 224 valence electrons. The van der Waals surface area contributed by atoms with E-state index in [0.29, 0.717) is 36.5 Å². The average Bonchev–Trinajstić information content (AvgIpc) is 3.52. The Kier molecular flexibility index (Phi) is 9.91.